The van der Waals surface area contributed by atoms with Crippen molar-refractivity contribution in [2.75, 3.05) is 13.1 Å². The number of rotatable bonds is 2. The molecule has 2 aromatic rings. The van der Waals surface area contributed by atoms with E-state index < -0.39 is 5.60 Å². The lowest BCUT2D eigenvalue weighted by Gasteiger charge is -2.24. The van der Waals surface area contributed by atoms with Gasteiger partial charge in [-0.2, -0.15) is 5.26 Å². The Morgan fingerprint density at radius 2 is 2.00 bits per heavy atom. The van der Waals surface area contributed by atoms with Crippen molar-refractivity contribution in [3.63, 3.8) is 0 Å². The summed E-state index contributed by atoms with van der Waals surface area (Å²) in [6.45, 7) is 6.50. The van der Waals surface area contributed by atoms with E-state index in [9.17, 15) is 10.1 Å². The fourth-order valence-electron chi connectivity index (χ4n) is 2.71. The second kappa shape index (κ2) is 6.96. The first kappa shape index (κ1) is 17.6. The fraction of sp³-hybridized carbons (Fsp3) is 0.300. The Kier molecular flexibility index (Phi) is 4.72. The van der Waals surface area contributed by atoms with Crippen LogP contribution in [0.4, 0.5) is 4.79 Å². The molecule has 6 heteroatoms. The average Bonchev–Trinajstić information content (AvgIpc) is 3.11. The summed E-state index contributed by atoms with van der Waals surface area (Å²) in [6, 6.07) is 7.75. The fourth-order valence-corrected chi connectivity index (χ4v) is 2.71. The Balaban J connectivity index is 1.83. The van der Waals surface area contributed by atoms with Gasteiger partial charge in [0.15, 0.2) is 0 Å². The summed E-state index contributed by atoms with van der Waals surface area (Å²) in [7, 11) is 0. The topological polar surface area (TPSA) is 79.1 Å². The van der Waals surface area contributed by atoms with Gasteiger partial charge in [-0.25, -0.2) is 9.78 Å². The molecule has 0 bridgehead atoms. The molecule has 0 aromatic carbocycles. The average molecular weight is 348 g/mol. The molecule has 1 aliphatic rings. The van der Waals surface area contributed by atoms with Gasteiger partial charge < -0.3 is 9.64 Å². The molecule has 0 N–H and O–H groups in total. The maximum absolute atomic E-state index is 12.2. The minimum atomic E-state index is -0.523. The number of carbonyl (C=O) groups excluding carboxylic acids is 1. The van der Waals surface area contributed by atoms with E-state index in [4.69, 9.17) is 4.74 Å². The van der Waals surface area contributed by atoms with E-state index in [1.807, 2.05) is 45.0 Å². The van der Waals surface area contributed by atoms with Crippen LogP contribution in [0.5, 0.6) is 0 Å². The maximum Gasteiger partial charge on any atom is 0.410 e. The molecule has 0 aliphatic carbocycles. The molecular weight excluding hydrogens is 328 g/mol. The molecule has 26 heavy (non-hydrogen) atoms. The van der Waals surface area contributed by atoms with Crippen molar-refractivity contribution in [2.45, 2.75) is 26.4 Å². The Bertz CT molecular complexity index is 892. The highest BCUT2D eigenvalue weighted by Crippen LogP contribution is 2.28. The summed E-state index contributed by atoms with van der Waals surface area (Å²) in [5.41, 5.74) is 3.36. The Hall–Kier alpha value is -3.20. The molecule has 0 atom stereocenters. The van der Waals surface area contributed by atoms with Gasteiger partial charge in [-0.05, 0) is 55.7 Å². The summed E-state index contributed by atoms with van der Waals surface area (Å²) in [4.78, 5) is 22.2. The van der Waals surface area contributed by atoms with Crippen molar-refractivity contribution in [3.05, 3.63) is 54.1 Å². The number of aromatic nitrogens is 2. The van der Waals surface area contributed by atoms with Gasteiger partial charge in [0.2, 0.25) is 0 Å². The van der Waals surface area contributed by atoms with Crippen LogP contribution in [0.1, 0.15) is 32.0 Å². The third-order valence-corrected chi connectivity index (χ3v) is 3.93. The van der Waals surface area contributed by atoms with E-state index in [0.29, 0.717) is 18.8 Å². The minimum absolute atomic E-state index is 0.334. The van der Waals surface area contributed by atoms with Gasteiger partial charge in [0.05, 0.1) is 0 Å². The van der Waals surface area contributed by atoms with Crippen molar-refractivity contribution >= 4 is 11.7 Å². The molecular formula is C20H20N4O2. The van der Waals surface area contributed by atoms with E-state index in [1.165, 1.54) is 0 Å². The molecule has 0 fully saturated rings. The van der Waals surface area contributed by atoms with E-state index >= 15 is 0 Å². The predicted octanol–water partition coefficient (Wildman–Crippen LogP) is 3.65. The Morgan fingerprint density at radius 3 is 2.65 bits per heavy atom. The predicted molar refractivity (Wildman–Crippen MR) is 98.0 cm³/mol. The number of hydrogen-bond acceptors (Lipinski definition) is 5. The molecule has 0 spiro atoms. The first-order valence-electron chi connectivity index (χ1n) is 8.35. The van der Waals surface area contributed by atoms with Crippen LogP contribution in [-0.2, 0) is 4.74 Å². The van der Waals surface area contributed by atoms with E-state index in [0.717, 1.165) is 22.3 Å². The van der Waals surface area contributed by atoms with Crippen LogP contribution >= 0.6 is 0 Å². The van der Waals surface area contributed by atoms with Gasteiger partial charge >= 0.3 is 6.09 Å². The SMILES string of the molecule is CC(C)(C)OC(=O)N1CC=C(c2cnc(C#N)c(-c3ccncc3)c2)C1. The largest absolute Gasteiger partial charge is 0.444 e. The quantitative estimate of drug-likeness (QED) is 0.828. The lowest BCUT2D eigenvalue weighted by atomic mass is 10.0. The Morgan fingerprint density at radius 1 is 1.27 bits per heavy atom. The van der Waals surface area contributed by atoms with Crippen LogP contribution in [-0.4, -0.2) is 39.7 Å². The van der Waals surface area contributed by atoms with Crippen LogP contribution in [0, 0.1) is 11.3 Å². The third-order valence-electron chi connectivity index (χ3n) is 3.93. The summed E-state index contributed by atoms with van der Waals surface area (Å²) >= 11 is 0. The van der Waals surface area contributed by atoms with Crippen molar-refractivity contribution in [3.8, 4) is 17.2 Å². The van der Waals surface area contributed by atoms with Crippen LogP contribution < -0.4 is 0 Å². The molecule has 3 rings (SSSR count). The molecule has 132 valence electrons. The molecule has 1 amide bonds. The highest BCUT2D eigenvalue weighted by atomic mass is 16.6. The van der Waals surface area contributed by atoms with Gasteiger partial charge in [0.25, 0.3) is 0 Å². The first-order valence-corrected chi connectivity index (χ1v) is 8.35. The molecule has 3 heterocycles. The monoisotopic (exact) mass is 348 g/mol. The number of pyridine rings is 2. The van der Waals surface area contributed by atoms with E-state index in [-0.39, 0.29) is 6.09 Å². The zero-order valence-electron chi connectivity index (χ0n) is 15.1. The van der Waals surface area contributed by atoms with Crippen molar-refractivity contribution in [1.29, 1.82) is 5.26 Å². The zero-order chi connectivity index (χ0) is 18.7. The second-order valence-electron chi connectivity index (χ2n) is 7.06. The van der Waals surface area contributed by atoms with Gasteiger partial charge in [0, 0.05) is 37.2 Å². The van der Waals surface area contributed by atoms with Gasteiger partial charge in [-0.15, -0.1) is 0 Å². The van der Waals surface area contributed by atoms with Gasteiger partial charge in [-0.3, -0.25) is 4.98 Å². The first-order chi connectivity index (χ1) is 12.4. The van der Waals surface area contributed by atoms with E-state index in [1.54, 1.807) is 23.5 Å². The summed E-state index contributed by atoms with van der Waals surface area (Å²) in [6.07, 6.45) is 6.70. The van der Waals surface area contributed by atoms with Crippen LogP contribution in [0.3, 0.4) is 0 Å². The number of amides is 1. The van der Waals surface area contributed by atoms with E-state index in [2.05, 4.69) is 16.0 Å². The smallest absolute Gasteiger partial charge is 0.410 e. The number of nitrogens with zero attached hydrogens (tertiary/aromatic N) is 4. The van der Waals surface area contributed by atoms with Crippen molar-refractivity contribution in [2.24, 2.45) is 0 Å². The minimum Gasteiger partial charge on any atom is -0.444 e. The molecule has 1 aliphatic heterocycles. The lowest BCUT2D eigenvalue weighted by molar-refractivity contribution is 0.0306. The number of nitriles is 1. The van der Waals surface area contributed by atoms with Crippen molar-refractivity contribution < 1.29 is 9.53 Å². The molecule has 0 saturated carbocycles. The van der Waals surface area contributed by atoms with Gasteiger partial charge in [0.1, 0.15) is 17.4 Å². The normalized spacial score (nSPS) is 13.9. The molecule has 2 aromatic heterocycles. The molecule has 0 radical (unpaired) electrons. The van der Waals surface area contributed by atoms with Crippen molar-refractivity contribution in [1.82, 2.24) is 14.9 Å². The van der Waals surface area contributed by atoms with Crippen LogP contribution in [0.2, 0.25) is 0 Å². The summed E-state index contributed by atoms with van der Waals surface area (Å²) in [5, 5.41) is 9.35. The zero-order valence-corrected chi connectivity index (χ0v) is 15.1. The maximum atomic E-state index is 12.2. The highest BCUT2D eigenvalue weighted by molar-refractivity contribution is 5.80. The third kappa shape index (κ3) is 3.89. The number of carbonyl (C=O) groups is 1. The molecule has 0 saturated heterocycles. The standard InChI is InChI=1S/C20H20N4O2/c1-20(2,3)26-19(25)24-9-6-15(13-24)16-10-17(18(11-21)23-12-16)14-4-7-22-8-5-14/h4-8,10,12H,9,13H2,1-3H3. The molecule has 0 unspecified atom stereocenters. The van der Waals surface area contributed by atoms with Gasteiger partial charge in [-0.1, -0.05) is 6.08 Å². The highest BCUT2D eigenvalue weighted by Gasteiger charge is 2.26. The van der Waals surface area contributed by atoms with Crippen LogP contribution in [0.25, 0.3) is 16.7 Å². The Labute approximate surface area is 152 Å². The number of hydrogen-bond donors (Lipinski definition) is 0. The number of ether oxygens (including phenoxy) is 1. The lowest BCUT2D eigenvalue weighted by Crippen LogP contribution is -2.35. The van der Waals surface area contributed by atoms with Crippen LogP contribution in [0.15, 0.2) is 42.9 Å². The summed E-state index contributed by atoms with van der Waals surface area (Å²) in [5.74, 6) is 0. The summed E-state index contributed by atoms with van der Waals surface area (Å²) < 4.78 is 5.42. The second-order valence-corrected chi connectivity index (χ2v) is 7.06. The molecule has 6 nitrogen and oxygen atoms in total.